The van der Waals surface area contributed by atoms with Crippen LogP contribution in [0.25, 0.3) is 22.0 Å². The van der Waals surface area contributed by atoms with E-state index >= 15 is 0 Å². The van der Waals surface area contributed by atoms with Crippen LogP contribution in [-0.4, -0.2) is 35.7 Å². The third kappa shape index (κ3) is 5.99. The van der Waals surface area contributed by atoms with Crippen LogP contribution in [-0.2, 0) is 9.47 Å². The maximum absolute atomic E-state index is 10.8. The topological polar surface area (TPSA) is 88.6 Å². The van der Waals surface area contributed by atoms with Crippen LogP contribution in [0.15, 0.2) is 72.9 Å². The highest BCUT2D eigenvalue weighted by atomic mass is 16.6. The van der Waals surface area contributed by atoms with Gasteiger partial charge in [-0.25, -0.2) is 9.48 Å². The monoisotopic (exact) mass is 525 g/mol. The van der Waals surface area contributed by atoms with Crippen molar-refractivity contribution < 1.29 is 19.0 Å². The van der Waals surface area contributed by atoms with E-state index in [0.717, 1.165) is 54.3 Å². The second-order valence-corrected chi connectivity index (χ2v) is 9.75. The molecule has 1 unspecified atom stereocenters. The van der Waals surface area contributed by atoms with E-state index in [4.69, 9.17) is 25.0 Å². The molecule has 3 aromatic carbocycles. The minimum atomic E-state index is -0.805. The lowest BCUT2D eigenvalue weighted by molar-refractivity contribution is -0.0366. The summed E-state index contributed by atoms with van der Waals surface area (Å²) in [5, 5.41) is 5.80. The zero-order valence-electron chi connectivity index (χ0n) is 22.6. The van der Waals surface area contributed by atoms with E-state index in [0.29, 0.717) is 5.75 Å². The highest BCUT2D eigenvalue weighted by Gasteiger charge is 2.20. The summed E-state index contributed by atoms with van der Waals surface area (Å²) >= 11 is 0. The molecule has 1 aromatic heterocycles. The molecule has 1 aliphatic heterocycles. The van der Waals surface area contributed by atoms with Gasteiger partial charge in [0.15, 0.2) is 6.23 Å². The van der Waals surface area contributed by atoms with E-state index < -0.39 is 6.09 Å². The lowest BCUT2D eigenvalue weighted by Crippen LogP contribution is -2.18. The Morgan fingerprint density at radius 2 is 1.85 bits per heavy atom. The van der Waals surface area contributed by atoms with Crippen LogP contribution in [0.2, 0.25) is 0 Å². The number of primary amides is 1. The van der Waals surface area contributed by atoms with Gasteiger partial charge in [-0.15, -0.1) is 0 Å². The van der Waals surface area contributed by atoms with Crippen LogP contribution in [0.1, 0.15) is 61.1 Å². The van der Waals surface area contributed by atoms with E-state index in [2.05, 4.69) is 68.4 Å². The first kappa shape index (κ1) is 26.5. The highest BCUT2D eigenvalue weighted by molar-refractivity contribution is 6.01. The van der Waals surface area contributed by atoms with E-state index in [1.165, 1.54) is 22.3 Å². The number of allylic oxidation sites excluding steroid dienone is 1. The van der Waals surface area contributed by atoms with Crippen LogP contribution in [0.4, 0.5) is 4.79 Å². The van der Waals surface area contributed by atoms with Crippen molar-refractivity contribution in [2.24, 2.45) is 5.73 Å². The first-order chi connectivity index (χ1) is 19.0. The van der Waals surface area contributed by atoms with E-state index in [1.807, 2.05) is 23.0 Å². The molecular formula is C32H35N3O4. The minimum absolute atomic E-state index is 0.00352. The molecule has 1 aliphatic rings. The van der Waals surface area contributed by atoms with Gasteiger partial charge in [0.1, 0.15) is 19.0 Å². The number of ether oxygens (including phenoxy) is 3. The SMILES string of the molecule is CCC(=C(c1ccc(OCCOC(N)=O)cc1)c1ccc2c(cnn2C2CCCCO2)c1)c1ccccc1C. The summed E-state index contributed by atoms with van der Waals surface area (Å²) in [6, 6.07) is 23.2. The molecule has 1 saturated heterocycles. The highest BCUT2D eigenvalue weighted by Crippen LogP contribution is 2.37. The second-order valence-electron chi connectivity index (χ2n) is 9.75. The third-order valence-electron chi connectivity index (χ3n) is 7.18. The zero-order chi connectivity index (χ0) is 27.2. The number of nitrogens with zero attached hydrogens (tertiary/aromatic N) is 2. The third-order valence-corrected chi connectivity index (χ3v) is 7.18. The van der Waals surface area contributed by atoms with E-state index in [-0.39, 0.29) is 19.4 Å². The molecule has 0 saturated carbocycles. The predicted molar refractivity (Wildman–Crippen MR) is 153 cm³/mol. The van der Waals surface area contributed by atoms with Crippen molar-refractivity contribution in [2.45, 2.75) is 45.8 Å². The number of carbonyl (C=O) groups is 1. The van der Waals surface area contributed by atoms with Crippen molar-refractivity contribution in [1.82, 2.24) is 9.78 Å². The predicted octanol–water partition coefficient (Wildman–Crippen LogP) is 6.89. The van der Waals surface area contributed by atoms with Crippen LogP contribution in [0.5, 0.6) is 5.75 Å². The Hall–Kier alpha value is -4.10. The van der Waals surface area contributed by atoms with Crippen LogP contribution >= 0.6 is 0 Å². The number of nitrogens with two attached hydrogens (primary N) is 1. The van der Waals surface area contributed by atoms with Crippen molar-refractivity contribution in [2.75, 3.05) is 19.8 Å². The van der Waals surface area contributed by atoms with Gasteiger partial charge in [-0.3, -0.25) is 0 Å². The van der Waals surface area contributed by atoms with Crippen molar-refractivity contribution in [3.63, 3.8) is 0 Å². The Morgan fingerprint density at radius 1 is 1.05 bits per heavy atom. The number of benzene rings is 3. The lowest BCUT2D eigenvalue weighted by Gasteiger charge is -2.23. The molecule has 5 rings (SSSR count). The molecule has 2 N–H and O–H groups in total. The molecule has 0 aliphatic carbocycles. The van der Waals surface area contributed by atoms with Gasteiger partial charge in [0.25, 0.3) is 0 Å². The molecule has 39 heavy (non-hydrogen) atoms. The summed E-state index contributed by atoms with van der Waals surface area (Å²) in [5.41, 5.74) is 13.3. The Bertz CT molecular complexity index is 1470. The Morgan fingerprint density at radius 3 is 2.56 bits per heavy atom. The molecule has 202 valence electrons. The summed E-state index contributed by atoms with van der Waals surface area (Å²) < 4.78 is 18.5. The average molecular weight is 526 g/mol. The van der Waals surface area contributed by atoms with Gasteiger partial charge in [0.2, 0.25) is 0 Å². The first-order valence-corrected chi connectivity index (χ1v) is 13.6. The molecule has 1 amide bonds. The number of carbonyl (C=O) groups excluding carboxylic acids is 1. The number of hydrogen-bond acceptors (Lipinski definition) is 5. The maximum atomic E-state index is 10.8. The quantitative estimate of drug-likeness (QED) is 0.190. The summed E-state index contributed by atoms with van der Waals surface area (Å²) in [4.78, 5) is 10.8. The number of hydrogen-bond donors (Lipinski definition) is 1. The number of fused-ring (bicyclic) bond motifs is 1. The maximum Gasteiger partial charge on any atom is 0.404 e. The molecule has 7 heteroatoms. The summed E-state index contributed by atoms with van der Waals surface area (Å²) in [6.45, 7) is 5.49. The normalized spacial score (nSPS) is 16.1. The van der Waals surface area contributed by atoms with E-state index in [1.54, 1.807) is 0 Å². The van der Waals surface area contributed by atoms with E-state index in [9.17, 15) is 4.79 Å². The largest absolute Gasteiger partial charge is 0.490 e. The molecule has 0 bridgehead atoms. The van der Waals surface area contributed by atoms with Crippen LogP contribution in [0, 0.1) is 6.92 Å². The van der Waals surface area contributed by atoms with Gasteiger partial charge in [-0.05, 0) is 90.3 Å². The number of rotatable bonds is 9. The number of amides is 1. The van der Waals surface area contributed by atoms with Crippen molar-refractivity contribution in [1.29, 1.82) is 0 Å². The minimum Gasteiger partial charge on any atom is -0.490 e. The van der Waals surface area contributed by atoms with Crippen molar-refractivity contribution in [3.05, 3.63) is 95.2 Å². The van der Waals surface area contributed by atoms with Crippen LogP contribution < -0.4 is 10.5 Å². The Balaban J connectivity index is 1.54. The zero-order valence-corrected chi connectivity index (χ0v) is 22.6. The van der Waals surface area contributed by atoms with Crippen molar-refractivity contribution >= 4 is 28.1 Å². The fourth-order valence-electron chi connectivity index (χ4n) is 5.30. The smallest absolute Gasteiger partial charge is 0.404 e. The Labute approximate surface area is 229 Å². The van der Waals surface area contributed by atoms with Gasteiger partial charge in [0, 0.05) is 12.0 Å². The number of aromatic nitrogens is 2. The molecule has 2 heterocycles. The lowest BCUT2D eigenvalue weighted by atomic mass is 9.86. The van der Waals surface area contributed by atoms with Crippen LogP contribution in [0.3, 0.4) is 0 Å². The van der Waals surface area contributed by atoms with Crippen molar-refractivity contribution in [3.8, 4) is 5.75 Å². The molecule has 1 atom stereocenters. The molecule has 7 nitrogen and oxygen atoms in total. The van der Waals surface area contributed by atoms with Gasteiger partial charge < -0.3 is 19.9 Å². The van der Waals surface area contributed by atoms with Gasteiger partial charge in [0.05, 0.1) is 11.7 Å². The second kappa shape index (κ2) is 12.2. The molecule has 4 aromatic rings. The molecule has 0 spiro atoms. The number of aryl methyl sites for hydroxylation is 1. The standard InChI is InChI=1S/C32H35N3O4/c1-3-27(28-9-5-4-8-22(28)2)31(23-11-14-26(15-12-23)37-18-19-39-32(33)36)24-13-16-29-25(20-24)21-34-35(29)30-10-6-7-17-38-30/h4-5,8-9,11-16,20-21,30H,3,6-7,10,17-19H2,1-2H3,(H2,33,36). The summed E-state index contributed by atoms with van der Waals surface area (Å²) in [5.74, 6) is 0.698. The first-order valence-electron chi connectivity index (χ1n) is 13.6. The molecule has 1 fully saturated rings. The summed E-state index contributed by atoms with van der Waals surface area (Å²) in [7, 11) is 0. The van der Waals surface area contributed by atoms with Gasteiger partial charge in [-0.2, -0.15) is 5.10 Å². The van der Waals surface area contributed by atoms with Gasteiger partial charge >= 0.3 is 6.09 Å². The average Bonchev–Trinajstić information content (AvgIpc) is 3.39. The summed E-state index contributed by atoms with van der Waals surface area (Å²) in [6.07, 6.45) is 5.26. The molecular weight excluding hydrogens is 490 g/mol. The fourth-order valence-corrected chi connectivity index (χ4v) is 5.30. The Kier molecular flexibility index (Phi) is 8.27. The molecule has 0 radical (unpaired) electrons. The van der Waals surface area contributed by atoms with Gasteiger partial charge in [-0.1, -0.05) is 49.4 Å². The fraction of sp³-hybridized carbons (Fsp3) is 0.312.